The number of carbonyl (C=O) groups excluding carboxylic acids is 6. The SMILES string of the molecule is CNC(=O)C[C@H](NC(=O)c1csc(-c2ccc(-c3nc(N(Cc4ccc(C(=O)O)cc4)C(=O)OC4CCCCC4)cs3)nc2-c2csc(-c3csc(CCc4ccccc4)n3)n2)n1)c1nc(C(=O)NCc2nc(C(=O)NCC(N)=O)c(COC)s2)c(C)s1. The molecular formula is C59H57N13O10S6. The summed E-state index contributed by atoms with van der Waals surface area (Å²) in [7, 11) is 2.92. The van der Waals surface area contributed by atoms with Gasteiger partial charge in [0.15, 0.2) is 0 Å². The van der Waals surface area contributed by atoms with Gasteiger partial charge in [0.1, 0.15) is 71.1 Å². The number of benzene rings is 2. The third-order valence-corrected chi connectivity index (χ3v) is 19.4. The molecule has 1 atom stereocenters. The molecular weight excluding hydrogens is 1240 g/mol. The van der Waals surface area contributed by atoms with Crippen LogP contribution in [0.3, 0.4) is 0 Å². The van der Waals surface area contributed by atoms with Crippen LogP contribution >= 0.6 is 68.0 Å². The number of thiazole rings is 6. The number of hydrogen-bond acceptors (Lipinski definition) is 22. The molecule has 0 radical (unpaired) electrons. The summed E-state index contributed by atoms with van der Waals surface area (Å²) in [6.07, 6.45) is 5.07. The molecule has 1 aliphatic carbocycles. The van der Waals surface area contributed by atoms with Crippen molar-refractivity contribution in [3.05, 3.63) is 147 Å². The number of amides is 6. The second-order valence-corrected chi connectivity index (χ2v) is 25.9. The number of primary amides is 1. The Kier molecular flexibility index (Phi) is 20.6. The van der Waals surface area contributed by atoms with Crippen molar-refractivity contribution in [1.29, 1.82) is 0 Å². The van der Waals surface area contributed by atoms with Crippen LogP contribution in [0.15, 0.2) is 88.3 Å². The molecule has 29 heteroatoms. The van der Waals surface area contributed by atoms with E-state index in [1.54, 1.807) is 47.2 Å². The molecule has 88 heavy (non-hydrogen) atoms. The van der Waals surface area contributed by atoms with Gasteiger partial charge < -0.3 is 41.6 Å². The van der Waals surface area contributed by atoms with Gasteiger partial charge in [-0.25, -0.2) is 44.5 Å². The first-order valence-electron chi connectivity index (χ1n) is 27.6. The Morgan fingerprint density at radius 2 is 1.44 bits per heavy atom. The minimum Gasteiger partial charge on any atom is -0.478 e. The molecule has 1 saturated carbocycles. The summed E-state index contributed by atoms with van der Waals surface area (Å²) in [4.78, 5) is 127. The van der Waals surface area contributed by atoms with Crippen molar-refractivity contribution >= 4 is 115 Å². The number of hydrogen-bond donors (Lipinski definition) is 6. The zero-order chi connectivity index (χ0) is 61.8. The molecule has 6 amide bonds. The number of carboxylic acids is 1. The molecule has 7 N–H and O–H groups in total. The van der Waals surface area contributed by atoms with Gasteiger partial charge in [-0.15, -0.1) is 68.0 Å². The van der Waals surface area contributed by atoms with E-state index >= 15 is 0 Å². The van der Waals surface area contributed by atoms with Gasteiger partial charge >= 0.3 is 12.1 Å². The van der Waals surface area contributed by atoms with Gasteiger partial charge in [0.05, 0.1) is 59.8 Å². The average Bonchev–Trinajstić information content (AvgIpc) is 2.47. The first-order valence-corrected chi connectivity index (χ1v) is 32.7. The summed E-state index contributed by atoms with van der Waals surface area (Å²) in [6.45, 7) is 1.34. The lowest BCUT2D eigenvalue weighted by Crippen LogP contribution is -2.35. The number of methoxy groups -OCH3 is 1. The molecule has 0 saturated heterocycles. The second kappa shape index (κ2) is 29.0. The summed E-state index contributed by atoms with van der Waals surface area (Å²) in [5, 5.41) is 30.7. The summed E-state index contributed by atoms with van der Waals surface area (Å²) in [5.74, 6) is -3.68. The highest BCUT2D eigenvalue weighted by molar-refractivity contribution is 7.15. The van der Waals surface area contributed by atoms with E-state index < -0.39 is 47.6 Å². The number of nitrogens with one attached hydrogen (secondary N) is 4. The monoisotopic (exact) mass is 1300 g/mol. The fourth-order valence-electron chi connectivity index (χ4n) is 9.31. The van der Waals surface area contributed by atoms with Crippen LogP contribution in [-0.2, 0) is 51.6 Å². The van der Waals surface area contributed by atoms with Gasteiger partial charge in [-0.05, 0) is 74.4 Å². The molecule has 10 rings (SSSR count). The van der Waals surface area contributed by atoms with E-state index in [-0.39, 0.29) is 66.4 Å². The maximum atomic E-state index is 14.3. The van der Waals surface area contributed by atoms with E-state index in [0.717, 1.165) is 78.3 Å². The first-order chi connectivity index (χ1) is 42.6. The van der Waals surface area contributed by atoms with Crippen molar-refractivity contribution in [2.75, 3.05) is 25.6 Å². The zero-order valence-corrected chi connectivity index (χ0v) is 52.4. The maximum Gasteiger partial charge on any atom is 0.416 e. The maximum absolute atomic E-state index is 14.3. The molecule has 454 valence electrons. The number of aromatic carboxylic acids is 1. The largest absolute Gasteiger partial charge is 0.478 e. The Balaban J connectivity index is 0.917. The van der Waals surface area contributed by atoms with E-state index in [0.29, 0.717) is 63.8 Å². The van der Waals surface area contributed by atoms with E-state index in [4.69, 9.17) is 40.1 Å². The highest BCUT2D eigenvalue weighted by atomic mass is 32.1. The van der Waals surface area contributed by atoms with Crippen molar-refractivity contribution in [3.63, 3.8) is 0 Å². The number of aromatic nitrogens is 7. The fraction of sp³-hybridized carbons (Fsp3) is 0.288. The number of pyridine rings is 1. The Morgan fingerprint density at radius 3 is 2.19 bits per heavy atom. The van der Waals surface area contributed by atoms with Gasteiger partial charge in [-0.2, -0.15) is 0 Å². The van der Waals surface area contributed by atoms with Crippen molar-refractivity contribution in [1.82, 2.24) is 56.2 Å². The summed E-state index contributed by atoms with van der Waals surface area (Å²) in [5.41, 5.74) is 10.00. The normalized spacial score (nSPS) is 12.7. The Hall–Kier alpha value is -8.58. The van der Waals surface area contributed by atoms with Gasteiger partial charge in [0.25, 0.3) is 17.7 Å². The van der Waals surface area contributed by atoms with E-state index in [1.165, 1.54) is 70.8 Å². The van der Waals surface area contributed by atoms with Crippen molar-refractivity contribution in [2.24, 2.45) is 5.73 Å². The van der Waals surface area contributed by atoms with E-state index in [2.05, 4.69) is 43.4 Å². The van der Waals surface area contributed by atoms with Gasteiger partial charge in [-0.3, -0.25) is 28.9 Å². The van der Waals surface area contributed by atoms with Crippen LogP contribution < -0.4 is 31.9 Å². The van der Waals surface area contributed by atoms with Crippen LogP contribution in [0.25, 0.3) is 43.4 Å². The highest BCUT2D eigenvalue weighted by Crippen LogP contribution is 2.39. The average molecular weight is 1300 g/mol. The minimum absolute atomic E-state index is 0.0341. The number of ether oxygens (including phenoxy) is 2. The molecule has 0 unspecified atom stereocenters. The highest BCUT2D eigenvalue weighted by Gasteiger charge is 2.30. The van der Waals surface area contributed by atoms with Gasteiger partial charge in [0, 0.05) is 52.5 Å². The van der Waals surface area contributed by atoms with Crippen LogP contribution in [0, 0.1) is 6.92 Å². The number of aryl methyl sites for hydroxylation is 3. The molecule has 0 aliphatic heterocycles. The number of carbonyl (C=O) groups is 7. The van der Waals surface area contributed by atoms with Crippen LogP contribution in [0.1, 0.15) is 122 Å². The predicted octanol–water partition coefficient (Wildman–Crippen LogP) is 9.66. The number of rotatable bonds is 25. The van der Waals surface area contributed by atoms with Gasteiger partial charge in [0.2, 0.25) is 11.8 Å². The minimum atomic E-state index is -1.06. The molecule has 0 spiro atoms. The third kappa shape index (κ3) is 15.6. The smallest absolute Gasteiger partial charge is 0.416 e. The molecule has 0 bridgehead atoms. The lowest BCUT2D eigenvalue weighted by Gasteiger charge is -2.26. The van der Waals surface area contributed by atoms with Crippen molar-refractivity contribution in [3.8, 4) is 43.4 Å². The molecule has 7 heterocycles. The lowest BCUT2D eigenvalue weighted by molar-refractivity contribution is -0.121. The Morgan fingerprint density at radius 1 is 0.705 bits per heavy atom. The second-order valence-electron chi connectivity index (χ2n) is 20.0. The number of carboxylic acid groups (broad SMARTS) is 1. The Bertz CT molecular complexity index is 4000. The molecule has 9 aromatic rings. The summed E-state index contributed by atoms with van der Waals surface area (Å²) < 4.78 is 11.3. The predicted molar refractivity (Wildman–Crippen MR) is 337 cm³/mol. The van der Waals surface area contributed by atoms with Crippen molar-refractivity contribution < 1.29 is 48.1 Å². The van der Waals surface area contributed by atoms with Crippen LogP contribution in [0.4, 0.5) is 10.6 Å². The summed E-state index contributed by atoms with van der Waals surface area (Å²) in [6, 6.07) is 19.1. The summed E-state index contributed by atoms with van der Waals surface area (Å²) >= 11 is 7.72. The standard InChI is InChI=1S/C59H57N13O10S6/c1-31-48(52(76)63-24-47-70-50(42(88-47)26-81-3)53(77)62-23-43(60)73)71-57(87-31)38(22-45(74)61-2)66-51(75)40-28-84-54(68-40)36-19-20-37(65-49(36)39-27-85-56(67-39)41-29-83-46(64-41)21-16-32-10-6-4-7-11-32)55-69-44(30-86-55)72(59(80)82-35-12-8-5-9-13-35)25-33-14-17-34(18-15-33)58(78)79/h4,6-7,10-11,14-15,17-20,27-30,35,38H,5,8-9,12-13,16,21-26H2,1-3H3,(H2,60,73)(H,61,74)(H,62,77)(H,63,76)(H,66,75)(H,78,79)/t38-/m0/s1. The van der Waals surface area contributed by atoms with Crippen molar-refractivity contribution in [2.45, 2.75) is 90.1 Å². The number of nitrogens with zero attached hydrogens (tertiary/aromatic N) is 8. The van der Waals surface area contributed by atoms with Gasteiger partial charge in [-0.1, -0.05) is 48.9 Å². The van der Waals surface area contributed by atoms with Crippen LogP contribution in [0.5, 0.6) is 0 Å². The molecule has 2 aromatic carbocycles. The van der Waals surface area contributed by atoms with Crippen LogP contribution in [-0.4, -0.2) is 108 Å². The topological polar surface area (TPSA) is 326 Å². The number of anilines is 1. The molecule has 1 aliphatic rings. The fourth-order valence-corrected chi connectivity index (χ4v) is 14.5. The number of nitrogens with two attached hydrogens (primary N) is 1. The molecule has 7 aromatic heterocycles. The quantitative estimate of drug-likeness (QED) is 0.0310. The van der Waals surface area contributed by atoms with E-state index in [9.17, 15) is 38.7 Å². The lowest BCUT2D eigenvalue weighted by atomic mass is 9.98. The first kappa shape index (κ1) is 62.5. The Labute approximate surface area is 527 Å². The third-order valence-electron chi connectivity index (χ3n) is 13.8. The molecule has 1 fully saturated rings. The van der Waals surface area contributed by atoms with Crippen LogP contribution in [0.2, 0.25) is 0 Å². The van der Waals surface area contributed by atoms with E-state index in [1.807, 2.05) is 35.0 Å². The molecule has 23 nitrogen and oxygen atoms in total. The zero-order valence-electron chi connectivity index (χ0n) is 47.5.